The van der Waals surface area contributed by atoms with Crippen LogP contribution in [0.4, 0.5) is 11.4 Å². The van der Waals surface area contributed by atoms with Gasteiger partial charge in [-0.2, -0.15) is 0 Å². The van der Waals surface area contributed by atoms with E-state index < -0.39 is 0 Å². The van der Waals surface area contributed by atoms with E-state index in [9.17, 15) is 14.4 Å². The topological polar surface area (TPSA) is 60.9 Å². The molecule has 6 nitrogen and oxygen atoms in total. The fourth-order valence-corrected chi connectivity index (χ4v) is 2.87. The Morgan fingerprint density at radius 2 is 1.87 bits per heavy atom. The molecule has 1 aromatic rings. The molecule has 1 atom stereocenters. The van der Waals surface area contributed by atoms with Gasteiger partial charge < -0.3 is 14.7 Å². The fourth-order valence-electron chi connectivity index (χ4n) is 2.87. The maximum Gasteiger partial charge on any atom is 0.242 e. The number of nitrogens with zero attached hydrogens (tertiary/aromatic N) is 3. The van der Waals surface area contributed by atoms with E-state index in [0.29, 0.717) is 31.0 Å². The molecular weight excluding hydrogens is 294 g/mol. The Kier molecular flexibility index (Phi) is 5.36. The third-order valence-electron chi connectivity index (χ3n) is 4.18. The summed E-state index contributed by atoms with van der Waals surface area (Å²) in [5.41, 5.74) is 1.27. The number of anilines is 2. The third kappa shape index (κ3) is 3.36. The lowest BCUT2D eigenvalue weighted by Gasteiger charge is -2.27. The molecule has 0 spiro atoms. The van der Waals surface area contributed by atoms with E-state index in [4.69, 9.17) is 0 Å². The summed E-state index contributed by atoms with van der Waals surface area (Å²) < 4.78 is 0. The van der Waals surface area contributed by atoms with Gasteiger partial charge in [0, 0.05) is 19.6 Å². The number of carbonyl (C=O) groups excluding carboxylic acids is 3. The first-order chi connectivity index (χ1) is 11.0. The number of rotatable bonds is 5. The Morgan fingerprint density at radius 1 is 1.26 bits per heavy atom. The summed E-state index contributed by atoms with van der Waals surface area (Å²) in [7, 11) is 0. The van der Waals surface area contributed by atoms with Crippen LogP contribution in [-0.4, -0.2) is 49.3 Å². The molecule has 0 N–H and O–H groups in total. The van der Waals surface area contributed by atoms with E-state index in [2.05, 4.69) is 0 Å². The van der Waals surface area contributed by atoms with Crippen molar-refractivity contribution in [1.82, 2.24) is 4.90 Å². The quantitative estimate of drug-likeness (QED) is 0.773. The molecule has 0 aromatic heterocycles. The van der Waals surface area contributed by atoms with Crippen molar-refractivity contribution in [2.45, 2.75) is 20.8 Å². The second-order valence-corrected chi connectivity index (χ2v) is 5.64. The number of para-hydroxylation sites is 2. The van der Waals surface area contributed by atoms with Crippen LogP contribution in [0.15, 0.2) is 24.3 Å². The van der Waals surface area contributed by atoms with Gasteiger partial charge in [0.1, 0.15) is 6.54 Å². The average Bonchev–Trinajstić information content (AvgIpc) is 2.66. The zero-order chi connectivity index (χ0) is 17.0. The van der Waals surface area contributed by atoms with Gasteiger partial charge in [-0.3, -0.25) is 14.4 Å². The van der Waals surface area contributed by atoms with Gasteiger partial charge in [0.15, 0.2) is 0 Å². The molecule has 1 aliphatic heterocycles. The van der Waals surface area contributed by atoms with Crippen molar-refractivity contribution < 1.29 is 14.4 Å². The molecule has 0 saturated heterocycles. The first kappa shape index (κ1) is 17.0. The van der Waals surface area contributed by atoms with E-state index in [1.54, 1.807) is 30.0 Å². The van der Waals surface area contributed by atoms with Crippen LogP contribution in [0.5, 0.6) is 0 Å². The maximum absolute atomic E-state index is 12.7. The first-order valence-electron chi connectivity index (χ1n) is 7.93. The number of likely N-dealkylation sites (N-methyl/N-ethyl adjacent to an activating group) is 1. The highest BCUT2D eigenvalue weighted by molar-refractivity contribution is 6.05. The lowest BCUT2D eigenvalue weighted by atomic mass is 10.1. The standard InChI is InChI=1S/C17H23N3O3/c1-4-18(5-2)16(22)11-20-15-9-7-6-8-14(15)19(12-21)10-13(3)17(20)23/h6-9,12-13H,4-5,10-11H2,1-3H3. The summed E-state index contributed by atoms with van der Waals surface area (Å²) in [5, 5.41) is 0. The van der Waals surface area contributed by atoms with Gasteiger partial charge in [-0.15, -0.1) is 0 Å². The Labute approximate surface area is 136 Å². The van der Waals surface area contributed by atoms with Gasteiger partial charge in [0.2, 0.25) is 18.2 Å². The van der Waals surface area contributed by atoms with Gasteiger partial charge in [-0.25, -0.2) is 0 Å². The molecule has 0 aliphatic carbocycles. The Morgan fingerprint density at radius 3 is 2.43 bits per heavy atom. The van der Waals surface area contributed by atoms with Crippen LogP contribution >= 0.6 is 0 Å². The van der Waals surface area contributed by atoms with Crippen LogP contribution in [0.25, 0.3) is 0 Å². The smallest absolute Gasteiger partial charge is 0.242 e. The van der Waals surface area contributed by atoms with Crippen LogP contribution in [0.3, 0.4) is 0 Å². The normalized spacial score (nSPS) is 17.5. The molecule has 1 heterocycles. The van der Waals surface area contributed by atoms with Crippen LogP contribution < -0.4 is 9.80 Å². The Hall–Kier alpha value is -2.37. The molecule has 0 saturated carbocycles. The molecule has 6 heteroatoms. The van der Waals surface area contributed by atoms with Crippen molar-refractivity contribution in [2.24, 2.45) is 5.92 Å². The lowest BCUT2D eigenvalue weighted by molar-refractivity contribution is -0.131. The molecule has 1 unspecified atom stereocenters. The van der Waals surface area contributed by atoms with Crippen molar-refractivity contribution in [3.63, 3.8) is 0 Å². The summed E-state index contributed by atoms with van der Waals surface area (Å²) in [4.78, 5) is 41.3. The SMILES string of the molecule is CCN(CC)C(=O)CN1C(=O)C(C)CN(C=O)c2ccccc21. The lowest BCUT2D eigenvalue weighted by Crippen LogP contribution is -2.44. The minimum absolute atomic E-state index is 0.00539. The van der Waals surface area contributed by atoms with Crippen molar-refractivity contribution in [3.8, 4) is 0 Å². The first-order valence-corrected chi connectivity index (χ1v) is 7.93. The predicted octanol–water partition coefficient (Wildman–Crippen LogP) is 1.50. The highest BCUT2D eigenvalue weighted by atomic mass is 16.2. The van der Waals surface area contributed by atoms with Crippen molar-refractivity contribution in [1.29, 1.82) is 0 Å². The molecule has 124 valence electrons. The number of hydrogen-bond donors (Lipinski definition) is 0. The number of amides is 3. The van der Waals surface area contributed by atoms with E-state index in [1.807, 2.05) is 19.9 Å². The number of benzene rings is 1. The minimum Gasteiger partial charge on any atom is -0.342 e. The van der Waals surface area contributed by atoms with Gasteiger partial charge in [-0.05, 0) is 26.0 Å². The van der Waals surface area contributed by atoms with Crippen LogP contribution in [0.1, 0.15) is 20.8 Å². The van der Waals surface area contributed by atoms with Gasteiger partial charge in [-0.1, -0.05) is 19.1 Å². The minimum atomic E-state index is -0.364. The summed E-state index contributed by atoms with van der Waals surface area (Å²) in [6.07, 6.45) is 0.734. The average molecular weight is 317 g/mol. The number of hydrogen-bond acceptors (Lipinski definition) is 3. The largest absolute Gasteiger partial charge is 0.342 e. The number of fused-ring (bicyclic) bond motifs is 1. The van der Waals surface area contributed by atoms with E-state index >= 15 is 0 Å². The highest BCUT2D eigenvalue weighted by Crippen LogP contribution is 2.33. The molecule has 0 fully saturated rings. The molecule has 1 aromatic carbocycles. The van der Waals surface area contributed by atoms with Crippen molar-refractivity contribution in [3.05, 3.63) is 24.3 Å². The predicted molar refractivity (Wildman–Crippen MR) is 89.3 cm³/mol. The molecule has 3 amide bonds. The molecule has 1 aliphatic rings. The Bertz CT molecular complexity index is 599. The Balaban J connectivity index is 2.41. The summed E-state index contributed by atoms with van der Waals surface area (Å²) >= 11 is 0. The summed E-state index contributed by atoms with van der Waals surface area (Å²) in [6, 6.07) is 7.20. The summed E-state index contributed by atoms with van der Waals surface area (Å²) in [5.74, 6) is -0.593. The molecule has 0 radical (unpaired) electrons. The molecular formula is C17H23N3O3. The van der Waals surface area contributed by atoms with Gasteiger partial charge >= 0.3 is 0 Å². The van der Waals surface area contributed by atoms with Crippen molar-refractivity contribution in [2.75, 3.05) is 36.0 Å². The molecule has 0 bridgehead atoms. The molecule has 23 heavy (non-hydrogen) atoms. The van der Waals surface area contributed by atoms with Crippen LogP contribution in [-0.2, 0) is 14.4 Å². The zero-order valence-electron chi connectivity index (χ0n) is 13.9. The van der Waals surface area contributed by atoms with E-state index in [-0.39, 0.29) is 24.3 Å². The fraction of sp³-hybridized carbons (Fsp3) is 0.471. The van der Waals surface area contributed by atoms with Gasteiger partial charge in [0.25, 0.3) is 0 Å². The van der Waals surface area contributed by atoms with Crippen LogP contribution in [0, 0.1) is 5.92 Å². The van der Waals surface area contributed by atoms with Crippen molar-refractivity contribution >= 4 is 29.6 Å². The summed E-state index contributed by atoms with van der Waals surface area (Å²) in [6.45, 7) is 7.13. The van der Waals surface area contributed by atoms with Gasteiger partial charge in [0.05, 0.1) is 17.3 Å². The monoisotopic (exact) mass is 317 g/mol. The van der Waals surface area contributed by atoms with Crippen LogP contribution in [0.2, 0.25) is 0 Å². The second-order valence-electron chi connectivity index (χ2n) is 5.64. The zero-order valence-corrected chi connectivity index (χ0v) is 13.9. The molecule has 2 rings (SSSR count). The van der Waals surface area contributed by atoms with E-state index in [1.165, 1.54) is 9.80 Å². The van der Waals surface area contributed by atoms with E-state index in [0.717, 1.165) is 6.41 Å². The maximum atomic E-state index is 12.7. The number of carbonyl (C=O) groups is 3. The third-order valence-corrected chi connectivity index (χ3v) is 4.18. The highest BCUT2D eigenvalue weighted by Gasteiger charge is 2.32. The second kappa shape index (κ2) is 7.26.